The van der Waals surface area contributed by atoms with Crippen molar-refractivity contribution in [3.63, 3.8) is 0 Å². The van der Waals surface area contributed by atoms with Gasteiger partial charge in [0.1, 0.15) is 13.2 Å². The van der Waals surface area contributed by atoms with E-state index in [0.717, 1.165) is 27.1 Å². The van der Waals surface area contributed by atoms with E-state index < -0.39 is 11.2 Å². The molecule has 0 radical (unpaired) electrons. The highest BCUT2D eigenvalue weighted by atomic mass is 16.6. The fraction of sp³-hybridized carbons (Fsp3) is 0.208. The van der Waals surface area contributed by atoms with Crippen LogP contribution in [-0.2, 0) is 14.1 Å². The molecular weight excluding hydrogens is 422 g/mol. The number of aryl methyl sites for hydroxylation is 2. The number of imidazole rings is 2. The van der Waals surface area contributed by atoms with E-state index in [1.807, 2.05) is 60.2 Å². The molecule has 2 aromatic carbocycles. The highest BCUT2D eigenvalue weighted by Gasteiger charge is 2.23. The number of fused-ring (bicyclic) bond motifs is 4. The Hall–Kier alpha value is -4.27. The van der Waals surface area contributed by atoms with E-state index in [4.69, 9.17) is 14.5 Å². The third kappa shape index (κ3) is 2.75. The Morgan fingerprint density at radius 1 is 0.909 bits per heavy atom. The summed E-state index contributed by atoms with van der Waals surface area (Å²) in [5, 5.41) is 0. The first kappa shape index (κ1) is 19.4. The van der Waals surface area contributed by atoms with Crippen LogP contribution in [0.25, 0.3) is 33.9 Å². The Bertz CT molecular complexity index is 1690. The van der Waals surface area contributed by atoms with Crippen molar-refractivity contribution in [1.29, 1.82) is 0 Å². The van der Waals surface area contributed by atoms with Gasteiger partial charge in [-0.3, -0.25) is 22.9 Å². The number of aromatic nitrogens is 5. The number of nitrogens with zero attached hydrogens (tertiary/aromatic N) is 5. The minimum absolute atomic E-state index is 0.333. The van der Waals surface area contributed by atoms with Crippen LogP contribution < -0.4 is 20.7 Å². The highest BCUT2D eigenvalue weighted by Crippen LogP contribution is 2.35. The van der Waals surface area contributed by atoms with Gasteiger partial charge in [0.15, 0.2) is 22.7 Å². The van der Waals surface area contributed by atoms with E-state index in [0.29, 0.717) is 41.7 Å². The number of hydrogen-bond donors (Lipinski definition) is 0. The minimum atomic E-state index is -0.419. The maximum absolute atomic E-state index is 13.0. The molecule has 6 rings (SSSR count). The van der Waals surface area contributed by atoms with Crippen molar-refractivity contribution < 1.29 is 9.47 Å². The van der Waals surface area contributed by atoms with Crippen molar-refractivity contribution in [3.05, 3.63) is 75.1 Å². The van der Waals surface area contributed by atoms with Crippen LogP contribution >= 0.6 is 0 Å². The van der Waals surface area contributed by atoms with Crippen molar-refractivity contribution >= 4 is 16.9 Å². The second-order valence-corrected chi connectivity index (χ2v) is 8.20. The van der Waals surface area contributed by atoms with Gasteiger partial charge in [-0.15, -0.1) is 0 Å². The van der Waals surface area contributed by atoms with E-state index in [-0.39, 0.29) is 0 Å². The lowest BCUT2D eigenvalue weighted by atomic mass is 10.1. The minimum Gasteiger partial charge on any atom is -0.486 e. The second kappa shape index (κ2) is 6.86. The SMILES string of the molecule is Cc1ccc(-c2cn3c4c(=O)n(C)c(=O)n(C)c4nc3n2-c2ccc3c(c2)OCCO3)cc1. The van der Waals surface area contributed by atoms with Crippen molar-refractivity contribution in [2.45, 2.75) is 6.92 Å². The molecule has 9 heteroatoms. The predicted molar refractivity (Wildman–Crippen MR) is 124 cm³/mol. The first-order valence-corrected chi connectivity index (χ1v) is 10.6. The van der Waals surface area contributed by atoms with Gasteiger partial charge in [-0.1, -0.05) is 29.8 Å². The zero-order chi connectivity index (χ0) is 22.9. The average Bonchev–Trinajstić information content (AvgIpc) is 3.38. The molecular formula is C24H21N5O4. The molecule has 9 nitrogen and oxygen atoms in total. The summed E-state index contributed by atoms with van der Waals surface area (Å²) in [5.41, 5.74) is 3.65. The Morgan fingerprint density at radius 2 is 1.64 bits per heavy atom. The van der Waals surface area contributed by atoms with Crippen LogP contribution in [0.5, 0.6) is 11.5 Å². The first-order chi connectivity index (χ1) is 15.9. The van der Waals surface area contributed by atoms with Crippen molar-refractivity contribution in [2.24, 2.45) is 14.1 Å². The molecule has 4 heterocycles. The van der Waals surface area contributed by atoms with Crippen LogP contribution in [0, 0.1) is 6.92 Å². The molecule has 0 fully saturated rings. The maximum Gasteiger partial charge on any atom is 0.332 e. The molecule has 0 spiro atoms. The van der Waals surface area contributed by atoms with Gasteiger partial charge in [0.05, 0.1) is 11.4 Å². The molecule has 0 saturated carbocycles. The fourth-order valence-electron chi connectivity index (χ4n) is 4.32. The van der Waals surface area contributed by atoms with Gasteiger partial charge in [0.25, 0.3) is 5.56 Å². The van der Waals surface area contributed by atoms with E-state index in [1.165, 1.54) is 11.6 Å². The van der Waals surface area contributed by atoms with Gasteiger partial charge in [0.2, 0.25) is 5.78 Å². The molecule has 0 unspecified atom stereocenters. The number of ether oxygens (including phenoxy) is 2. The monoisotopic (exact) mass is 443 g/mol. The Morgan fingerprint density at radius 3 is 2.39 bits per heavy atom. The van der Waals surface area contributed by atoms with Gasteiger partial charge in [-0.25, -0.2) is 4.79 Å². The molecule has 0 N–H and O–H groups in total. The zero-order valence-electron chi connectivity index (χ0n) is 18.4. The van der Waals surface area contributed by atoms with Gasteiger partial charge in [-0.05, 0) is 19.1 Å². The van der Waals surface area contributed by atoms with Crippen LogP contribution in [-0.4, -0.2) is 36.3 Å². The van der Waals surface area contributed by atoms with Crippen molar-refractivity contribution in [3.8, 4) is 28.4 Å². The molecule has 0 atom stereocenters. The van der Waals surface area contributed by atoms with E-state index in [2.05, 4.69) is 0 Å². The Kier molecular flexibility index (Phi) is 4.04. The summed E-state index contributed by atoms with van der Waals surface area (Å²) >= 11 is 0. The lowest BCUT2D eigenvalue weighted by molar-refractivity contribution is 0.171. The third-order valence-electron chi connectivity index (χ3n) is 6.10. The van der Waals surface area contributed by atoms with Crippen LogP contribution in [0.4, 0.5) is 0 Å². The first-order valence-electron chi connectivity index (χ1n) is 10.6. The molecule has 5 aromatic rings. The van der Waals surface area contributed by atoms with Crippen molar-refractivity contribution in [2.75, 3.05) is 13.2 Å². The zero-order valence-corrected chi connectivity index (χ0v) is 18.4. The second-order valence-electron chi connectivity index (χ2n) is 8.20. The summed E-state index contributed by atoms with van der Waals surface area (Å²) in [4.78, 5) is 30.3. The molecule has 33 heavy (non-hydrogen) atoms. The molecule has 0 bridgehead atoms. The van der Waals surface area contributed by atoms with Gasteiger partial charge < -0.3 is 9.47 Å². The molecule has 0 amide bonds. The van der Waals surface area contributed by atoms with E-state index in [9.17, 15) is 9.59 Å². The van der Waals surface area contributed by atoms with Crippen molar-refractivity contribution in [1.82, 2.24) is 23.1 Å². The molecule has 1 aliphatic rings. The van der Waals surface area contributed by atoms with Crippen LogP contribution in [0.15, 0.2) is 58.3 Å². The summed E-state index contributed by atoms with van der Waals surface area (Å²) in [5.74, 6) is 1.87. The molecule has 0 aliphatic carbocycles. The van der Waals surface area contributed by atoms with E-state index in [1.54, 1.807) is 11.4 Å². The quantitative estimate of drug-likeness (QED) is 0.418. The van der Waals surface area contributed by atoms with Gasteiger partial charge >= 0.3 is 5.69 Å². The Labute approximate surface area is 187 Å². The summed E-state index contributed by atoms with van der Waals surface area (Å²) in [6, 6.07) is 13.9. The molecule has 0 saturated heterocycles. The smallest absolute Gasteiger partial charge is 0.332 e. The number of benzene rings is 2. The number of hydrogen-bond acceptors (Lipinski definition) is 5. The largest absolute Gasteiger partial charge is 0.486 e. The number of rotatable bonds is 2. The fourth-order valence-corrected chi connectivity index (χ4v) is 4.32. The normalized spacial score (nSPS) is 13.2. The maximum atomic E-state index is 13.0. The lowest BCUT2D eigenvalue weighted by Gasteiger charge is -2.19. The average molecular weight is 443 g/mol. The van der Waals surface area contributed by atoms with E-state index >= 15 is 0 Å². The van der Waals surface area contributed by atoms with Crippen LogP contribution in [0.2, 0.25) is 0 Å². The summed E-state index contributed by atoms with van der Waals surface area (Å²) in [6.07, 6.45) is 1.89. The summed E-state index contributed by atoms with van der Waals surface area (Å²) in [7, 11) is 3.09. The third-order valence-corrected chi connectivity index (χ3v) is 6.10. The van der Waals surface area contributed by atoms with Crippen LogP contribution in [0.3, 0.4) is 0 Å². The van der Waals surface area contributed by atoms with Gasteiger partial charge in [-0.2, -0.15) is 4.98 Å². The van der Waals surface area contributed by atoms with Gasteiger partial charge in [0, 0.05) is 31.9 Å². The summed E-state index contributed by atoms with van der Waals surface area (Å²) in [6.45, 7) is 3.03. The molecule has 1 aliphatic heterocycles. The standard InChI is InChI=1S/C24H21N5O4/c1-14-4-6-15(7-5-14)17-13-28-20-21(26(2)24(31)27(3)22(20)30)25-23(28)29(17)16-8-9-18-19(12-16)33-11-10-32-18/h4-9,12-13H,10-11H2,1-3H3. The Balaban J connectivity index is 1.73. The predicted octanol–water partition coefficient (Wildman–Crippen LogP) is 2.42. The summed E-state index contributed by atoms with van der Waals surface area (Å²) < 4.78 is 17.7. The van der Waals surface area contributed by atoms with Crippen LogP contribution in [0.1, 0.15) is 5.56 Å². The highest BCUT2D eigenvalue weighted by molar-refractivity contribution is 5.79. The molecule has 166 valence electrons. The molecule has 3 aromatic heterocycles. The topological polar surface area (TPSA) is 84.7 Å². The lowest BCUT2D eigenvalue weighted by Crippen LogP contribution is -2.37.